The highest BCUT2D eigenvalue weighted by atomic mass is 35.5. The van der Waals surface area contributed by atoms with Gasteiger partial charge in [-0.05, 0) is 31.0 Å². The molecule has 0 radical (unpaired) electrons. The lowest BCUT2D eigenvalue weighted by Crippen LogP contribution is -2.25. The highest BCUT2D eigenvalue weighted by Crippen LogP contribution is 2.47. The number of hydrogen-bond donors (Lipinski definition) is 0. The van der Waals surface area contributed by atoms with Crippen LogP contribution in [0.15, 0.2) is 33.8 Å². The number of benzene rings is 1. The Labute approximate surface area is 169 Å². The molecule has 0 N–H and O–H groups in total. The number of fused-ring (bicyclic) bond motifs is 3. The van der Waals surface area contributed by atoms with Crippen molar-refractivity contribution >= 4 is 28.2 Å². The van der Waals surface area contributed by atoms with Gasteiger partial charge >= 0.3 is 0 Å². The molecule has 0 aliphatic heterocycles. The largest absolute Gasteiger partial charge is 0.383 e. The van der Waals surface area contributed by atoms with E-state index in [1.807, 2.05) is 6.07 Å². The van der Waals surface area contributed by atoms with E-state index < -0.39 is 5.60 Å². The molecule has 9 nitrogen and oxygen atoms in total. The Bertz CT molecular complexity index is 1290. The number of methoxy groups -OCH3 is 2. The van der Waals surface area contributed by atoms with Gasteiger partial charge in [-0.2, -0.15) is 4.98 Å². The van der Waals surface area contributed by atoms with E-state index in [0.29, 0.717) is 40.7 Å². The fraction of sp³-hybridized carbons (Fsp3) is 0.368. The van der Waals surface area contributed by atoms with Gasteiger partial charge in [-0.25, -0.2) is 4.98 Å². The maximum absolute atomic E-state index is 13.4. The fourth-order valence-corrected chi connectivity index (χ4v) is 3.75. The van der Waals surface area contributed by atoms with Gasteiger partial charge in [0.2, 0.25) is 5.82 Å². The van der Waals surface area contributed by atoms with Crippen molar-refractivity contribution < 1.29 is 14.0 Å². The van der Waals surface area contributed by atoms with Crippen LogP contribution in [0.25, 0.3) is 28.1 Å². The summed E-state index contributed by atoms with van der Waals surface area (Å²) in [5, 5.41) is 4.59. The molecule has 29 heavy (non-hydrogen) atoms. The number of aromatic nitrogens is 5. The standard InChI is InChI=1S/C19H18ClN5O4/c1-27-8-7-24-13-9-11(20)3-4-12(13)25-10-21-14(15(25)17(24)26)16-22-18(23-29-16)19(28-2)5-6-19/h3-4,9-10H,5-8H2,1-2H3. The lowest BCUT2D eigenvalue weighted by Gasteiger charge is -2.12. The summed E-state index contributed by atoms with van der Waals surface area (Å²) in [5.74, 6) is 0.665. The molecule has 4 aromatic rings. The number of halogens is 1. The summed E-state index contributed by atoms with van der Waals surface area (Å²) in [5.41, 5.74) is 1.45. The Hall–Kier alpha value is -2.75. The van der Waals surface area contributed by atoms with Gasteiger partial charge in [0.15, 0.2) is 5.69 Å². The van der Waals surface area contributed by atoms with Crippen molar-refractivity contribution in [2.24, 2.45) is 0 Å². The second-order valence-electron chi connectivity index (χ2n) is 7.02. The molecule has 0 bridgehead atoms. The zero-order valence-electron chi connectivity index (χ0n) is 15.9. The van der Waals surface area contributed by atoms with Crippen molar-refractivity contribution in [3.8, 4) is 11.6 Å². The van der Waals surface area contributed by atoms with Gasteiger partial charge < -0.3 is 18.6 Å². The second-order valence-corrected chi connectivity index (χ2v) is 7.45. The summed E-state index contributed by atoms with van der Waals surface area (Å²) >= 11 is 6.18. The highest BCUT2D eigenvalue weighted by molar-refractivity contribution is 6.31. The van der Waals surface area contributed by atoms with Gasteiger partial charge in [-0.3, -0.25) is 9.20 Å². The van der Waals surface area contributed by atoms with Crippen molar-refractivity contribution in [1.82, 2.24) is 24.1 Å². The van der Waals surface area contributed by atoms with Gasteiger partial charge in [0.1, 0.15) is 17.4 Å². The molecule has 1 saturated carbocycles. The Morgan fingerprint density at radius 3 is 2.83 bits per heavy atom. The fourth-order valence-electron chi connectivity index (χ4n) is 3.59. The Morgan fingerprint density at radius 1 is 1.28 bits per heavy atom. The van der Waals surface area contributed by atoms with E-state index in [9.17, 15) is 4.79 Å². The summed E-state index contributed by atoms with van der Waals surface area (Å²) in [6, 6.07) is 5.38. The predicted molar refractivity (Wildman–Crippen MR) is 105 cm³/mol. The summed E-state index contributed by atoms with van der Waals surface area (Å²) in [6.45, 7) is 0.747. The van der Waals surface area contributed by atoms with Gasteiger partial charge in [0.25, 0.3) is 11.4 Å². The zero-order chi connectivity index (χ0) is 20.2. The molecule has 1 aromatic carbocycles. The molecule has 150 valence electrons. The third-order valence-electron chi connectivity index (χ3n) is 5.35. The molecule has 5 rings (SSSR count). The lowest BCUT2D eigenvalue weighted by molar-refractivity contribution is 0.0689. The molecule has 1 aliphatic rings. The van der Waals surface area contributed by atoms with E-state index in [0.717, 1.165) is 18.4 Å². The molecule has 0 atom stereocenters. The van der Waals surface area contributed by atoms with Crippen molar-refractivity contribution in [1.29, 1.82) is 0 Å². The van der Waals surface area contributed by atoms with Crippen LogP contribution in [0, 0.1) is 0 Å². The van der Waals surface area contributed by atoms with Crippen LogP contribution < -0.4 is 5.56 Å². The molecule has 10 heteroatoms. The third-order valence-corrected chi connectivity index (χ3v) is 5.59. The molecule has 3 heterocycles. The highest BCUT2D eigenvalue weighted by Gasteiger charge is 2.49. The summed E-state index contributed by atoms with van der Waals surface area (Å²) in [6.07, 6.45) is 3.25. The van der Waals surface area contributed by atoms with Gasteiger partial charge in [0, 0.05) is 25.8 Å². The maximum Gasteiger partial charge on any atom is 0.279 e. The first-order valence-corrected chi connectivity index (χ1v) is 9.53. The molecule has 0 amide bonds. The Balaban J connectivity index is 1.75. The van der Waals surface area contributed by atoms with Crippen LogP contribution in [0.5, 0.6) is 0 Å². The van der Waals surface area contributed by atoms with Gasteiger partial charge in [-0.1, -0.05) is 16.8 Å². The number of ether oxygens (including phenoxy) is 2. The summed E-state index contributed by atoms with van der Waals surface area (Å²) in [7, 11) is 3.22. The average Bonchev–Trinajstić information content (AvgIpc) is 3.15. The topological polar surface area (TPSA) is 96.7 Å². The van der Waals surface area contributed by atoms with E-state index in [1.54, 1.807) is 41.6 Å². The molecular weight excluding hydrogens is 398 g/mol. The first kappa shape index (κ1) is 18.3. The SMILES string of the molecule is COCCn1c(=O)c2c(-c3nc(C4(OC)CC4)no3)ncn2c2ccc(Cl)cc21. The van der Waals surface area contributed by atoms with Crippen molar-refractivity contribution in [3.63, 3.8) is 0 Å². The summed E-state index contributed by atoms with van der Waals surface area (Å²) < 4.78 is 19.5. The third kappa shape index (κ3) is 2.77. The van der Waals surface area contributed by atoms with Gasteiger partial charge in [0.05, 0.1) is 17.6 Å². The van der Waals surface area contributed by atoms with Crippen molar-refractivity contribution in [2.75, 3.05) is 20.8 Å². The van der Waals surface area contributed by atoms with Crippen LogP contribution in [0.3, 0.4) is 0 Å². The minimum Gasteiger partial charge on any atom is -0.383 e. The maximum atomic E-state index is 13.4. The average molecular weight is 416 g/mol. The quantitative estimate of drug-likeness (QED) is 0.477. The molecular formula is C19H18ClN5O4. The minimum absolute atomic E-state index is 0.189. The van der Waals surface area contributed by atoms with Crippen molar-refractivity contribution in [3.05, 3.63) is 45.7 Å². The van der Waals surface area contributed by atoms with E-state index in [1.165, 1.54) is 0 Å². The zero-order valence-corrected chi connectivity index (χ0v) is 16.6. The van der Waals surface area contributed by atoms with Crippen LogP contribution in [0.1, 0.15) is 18.7 Å². The Kier molecular flexibility index (Phi) is 4.19. The monoisotopic (exact) mass is 415 g/mol. The number of hydrogen-bond acceptors (Lipinski definition) is 7. The van der Waals surface area contributed by atoms with Crippen LogP contribution in [0.2, 0.25) is 5.02 Å². The molecule has 1 fully saturated rings. The number of nitrogens with zero attached hydrogens (tertiary/aromatic N) is 5. The number of imidazole rings is 1. The molecule has 0 unspecified atom stereocenters. The van der Waals surface area contributed by atoms with Crippen LogP contribution in [0.4, 0.5) is 0 Å². The Morgan fingerprint density at radius 2 is 2.10 bits per heavy atom. The lowest BCUT2D eigenvalue weighted by atomic mass is 10.2. The molecule has 0 saturated heterocycles. The number of rotatable bonds is 6. The predicted octanol–water partition coefficient (Wildman–Crippen LogP) is 2.63. The van der Waals surface area contributed by atoms with Crippen LogP contribution >= 0.6 is 11.6 Å². The van der Waals surface area contributed by atoms with Gasteiger partial charge in [-0.15, -0.1) is 0 Å². The smallest absolute Gasteiger partial charge is 0.279 e. The van der Waals surface area contributed by atoms with E-state index in [2.05, 4.69) is 15.1 Å². The molecule has 1 aliphatic carbocycles. The first-order chi connectivity index (χ1) is 14.1. The molecule has 3 aromatic heterocycles. The van der Waals surface area contributed by atoms with E-state index in [-0.39, 0.29) is 11.4 Å². The minimum atomic E-state index is -0.487. The van der Waals surface area contributed by atoms with E-state index >= 15 is 0 Å². The van der Waals surface area contributed by atoms with Crippen LogP contribution in [-0.4, -0.2) is 44.9 Å². The van der Waals surface area contributed by atoms with Crippen LogP contribution in [-0.2, 0) is 21.6 Å². The normalized spacial score (nSPS) is 15.4. The molecule has 0 spiro atoms. The summed E-state index contributed by atoms with van der Waals surface area (Å²) in [4.78, 5) is 22.2. The second kappa shape index (κ2) is 6.65. The first-order valence-electron chi connectivity index (χ1n) is 9.16. The van der Waals surface area contributed by atoms with Crippen molar-refractivity contribution in [2.45, 2.75) is 25.0 Å². The van der Waals surface area contributed by atoms with E-state index in [4.69, 9.17) is 25.6 Å².